The van der Waals surface area contributed by atoms with E-state index in [-0.39, 0.29) is 5.92 Å². The van der Waals surface area contributed by atoms with Crippen molar-refractivity contribution in [1.82, 2.24) is 4.31 Å². The van der Waals surface area contributed by atoms with Crippen molar-refractivity contribution in [1.29, 1.82) is 0 Å². The maximum Gasteiger partial charge on any atom is 0.303 e. The summed E-state index contributed by atoms with van der Waals surface area (Å²) < 4.78 is 28.3. The van der Waals surface area contributed by atoms with Gasteiger partial charge in [0.05, 0.1) is 5.69 Å². The topological polar surface area (TPSA) is 66.6 Å². The highest BCUT2D eigenvalue weighted by atomic mass is 32.2. The van der Waals surface area contributed by atoms with Gasteiger partial charge in [-0.15, -0.1) is 0 Å². The molecular weight excluding hydrogens is 286 g/mol. The maximum absolute atomic E-state index is 12.7. The standard InChI is InChI=1S/C15H25N3O2S/c1-3-13-6-8-15(9-7-13)17(2)21(19,20)18-10-4-5-14(11-16)12-18/h6-9,14H,3-5,10-12,16H2,1-2H3. The van der Waals surface area contributed by atoms with E-state index in [1.807, 2.05) is 24.3 Å². The van der Waals surface area contributed by atoms with Crippen molar-refractivity contribution in [2.45, 2.75) is 26.2 Å². The molecule has 0 amide bonds. The van der Waals surface area contributed by atoms with Crippen molar-refractivity contribution < 1.29 is 8.42 Å². The summed E-state index contributed by atoms with van der Waals surface area (Å²) in [5, 5.41) is 0. The van der Waals surface area contributed by atoms with Crippen LogP contribution >= 0.6 is 0 Å². The van der Waals surface area contributed by atoms with E-state index in [1.54, 1.807) is 11.4 Å². The molecule has 6 heteroatoms. The van der Waals surface area contributed by atoms with Gasteiger partial charge in [-0.1, -0.05) is 19.1 Å². The smallest absolute Gasteiger partial charge is 0.303 e. The lowest BCUT2D eigenvalue weighted by atomic mass is 10.0. The Kier molecular flexibility index (Phi) is 5.24. The van der Waals surface area contributed by atoms with Crippen LogP contribution in [0.25, 0.3) is 0 Å². The van der Waals surface area contributed by atoms with Gasteiger partial charge in [0.15, 0.2) is 0 Å². The highest BCUT2D eigenvalue weighted by Crippen LogP contribution is 2.24. The fraction of sp³-hybridized carbons (Fsp3) is 0.600. The second kappa shape index (κ2) is 6.77. The van der Waals surface area contributed by atoms with E-state index in [2.05, 4.69) is 6.92 Å². The molecule has 1 saturated heterocycles. The van der Waals surface area contributed by atoms with Crippen LogP contribution in [0.3, 0.4) is 0 Å². The van der Waals surface area contributed by atoms with E-state index in [4.69, 9.17) is 5.73 Å². The molecule has 1 aromatic carbocycles. The lowest BCUT2D eigenvalue weighted by Crippen LogP contribution is -2.48. The molecule has 21 heavy (non-hydrogen) atoms. The normalized spacial score (nSPS) is 20.4. The van der Waals surface area contributed by atoms with Crippen LogP contribution < -0.4 is 10.0 Å². The van der Waals surface area contributed by atoms with E-state index < -0.39 is 10.2 Å². The first kappa shape index (κ1) is 16.3. The quantitative estimate of drug-likeness (QED) is 0.898. The molecule has 1 aliphatic rings. The minimum Gasteiger partial charge on any atom is -0.330 e. The van der Waals surface area contributed by atoms with Crippen LogP contribution in [0.1, 0.15) is 25.3 Å². The van der Waals surface area contributed by atoms with Gasteiger partial charge in [0, 0.05) is 20.1 Å². The summed E-state index contributed by atoms with van der Waals surface area (Å²) in [6.45, 7) is 3.73. The Bertz CT molecular complexity index is 557. The van der Waals surface area contributed by atoms with Crippen LogP contribution in [0.15, 0.2) is 24.3 Å². The molecule has 0 spiro atoms. The number of aryl methyl sites for hydroxylation is 1. The Morgan fingerprint density at radius 2 is 2.00 bits per heavy atom. The number of nitrogens with two attached hydrogens (primary N) is 1. The van der Waals surface area contributed by atoms with Gasteiger partial charge in [0.2, 0.25) is 0 Å². The predicted octanol–water partition coefficient (Wildman–Crippen LogP) is 1.60. The second-order valence-corrected chi connectivity index (χ2v) is 7.56. The highest BCUT2D eigenvalue weighted by Gasteiger charge is 2.31. The third kappa shape index (κ3) is 3.56. The van der Waals surface area contributed by atoms with Crippen LogP contribution in [0.5, 0.6) is 0 Å². The molecule has 0 saturated carbocycles. The van der Waals surface area contributed by atoms with Gasteiger partial charge < -0.3 is 5.73 Å². The van der Waals surface area contributed by atoms with E-state index in [0.717, 1.165) is 19.3 Å². The molecule has 1 aliphatic heterocycles. The molecule has 5 nitrogen and oxygen atoms in total. The first-order chi connectivity index (χ1) is 9.98. The number of hydrogen-bond acceptors (Lipinski definition) is 3. The Balaban J connectivity index is 2.17. The van der Waals surface area contributed by atoms with Crippen molar-refractivity contribution in [2.75, 3.05) is 31.0 Å². The molecule has 0 aliphatic carbocycles. The molecule has 2 rings (SSSR count). The summed E-state index contributed by atoms with van der Waals surface area (Å²) in [5.41, 5.74) is 7.59. The zero-order valence-corrected chi connectivity index (χ0v) is 13.6. The number of benzene rings is 1. The van der Waals surface area contributed by atoms with E-state index in [9.17, 15) is 8.42 Å². The fourth-order valence-electron chi connectivity index (χ4n) is 2.68. The average Bonchev–Trinajstić information content (AvgIpc) is 2.54. The number of nitrogens with zero attached hydrogens (tertiary/aromatic N) is 2. The molecule has 0 bridgehead atoms. The van der Waals surface area contributed by atoms with Crippen molar-refractivity contribution in [3.63, 3.8) is 0 Å². The third-order valence-electron chi connectivity index (χ3n) is 4.20. The van der Waals surface area contributed by atoms with Gasteiger partial charge in [-0.3, -0.25) is 4.31 Å². The highest BCUT2D eigenvalue weighted by molar-refractivity contribution is 7.90. The van der Waals surface area contributed by atoms with E-state index >= 15 is 0 Å². The molecule has 1 atom stereocenters. The van der Waals surface area contributed by atoms with Gasteiger partial charge in [0.25, 0.3) is 0 Å². The molecule has 2 N–H and O–H groups in total. The molecule has 1 unspecified atom stereocenters. The average molecular weight is 311 g/mol. The third-order valence-corrected chi connectivity index (χ3v) is 6.08. The van der Waals surface area contributed by atoms with Crippen molar-refractivity contribution in [2.24, 2.45) is 11.7 Å². The molecule has 1 aromatic rings. The summed E-state index contributed by atoms with van der Waals surface area (Å²) in [4.78, 5) is 0. The van der Waals surface area contributed by atoms with E-state index in [0.29, 0.717) is 25.3 Å². The lowest BCUT2D eigenvalue weighted by molar-refractivity contribution is 0.271. The number of piperidine rings is 1. The first-order valence-corrected chi connectivity index (χ1v) is 8.91. The Morgan fingerprint density at radius 3 is 2.57 bits per heavy atom. The monoisotopic (exact) mass is 311 g/mol. The van der Waals surface area contributed by atoms with Crippen LogP contribution in [-0.4, -0.2) is 39.4 Å². The molecule has 118 valence electrons. The molecule has 0 aromatic heterocycles. The number of anilines is 1. The van der Waals surface area contributed by atoms with Crippen LogP contribution in [-0.2, 0) is 16.6 Å². The molecular formula is C15H25N3O2S. The summed E-state index contributed by atoms with van der Waals surface area (Å²) in [6, 6.07) is 7.67. The second-order valence-electron chi connectivity index (χ2n) is 5.60. The van der Waals surface area contributed by atoms with Gasteiger partial charge in [0.1, 0.15) is 0 Å². The van der Waals surface area contributed by atoms with Crippen LogP contribution in [0.2, 0.25) is 0 Å². The molecule has 1 fully saturated rings. The van der Waals surface area contributed by atoms with E-state index in [1.165, 1.54) is 9.87 Å². The van der Waals surface area contributed by atoms with Gasteiger partial charge in [-0.25, -0.2) is 0 Å². The zero-order valence-electron chi connectivity index (χ0n) is 12.8. The van der Waals surface area contributed by atoms with Gasteiger partial charge in [-0.2, -0.15) is 12.7 Å². The predicted molar refractivity (Wildman–Crippen MR) is 86.5 cm³/mol. The lowest BCUT2D eigenvalue weighted by Gasteiger charge is -2.34. The number of rotatable bonds is 5. The van der Waals surface area contributed by atoms with Gasteiger partial charge >= 0.3 is 10.2 Å². The fourth-order valence-corrected chi connectivity index (χ4v) is 4.17. The minimum absolute atomic E-state index is 0.268. The Morgan fingerprint density at radius 1 is 1.33 bits per heavy atom. The molecule has 0 radical (unpaired) electrons. The molecule has 1 heterocycles. The SMILES string of the molecule is CCc1ccc(N(C)S(=O)(=O)N2CCCC(CN)C2)cc1. The maximum atomic E-state index is 12.7. The van der Waals surface area contributed by atoms with Crippen LogP contribution in [0.4, 0.5) is 5.69 Å². The van der Waals surface area contributed by atoms with Crippen LogP contribution in [0, 0.1) is 5.92 Å². The van der Waals surface area contributed by atoms with Crippen molar-refractivity contribution >= 4 is 15.9 Å². The summed E-state index contributed by atoms with van der Waals surface area (Å²) >= 11 is 0. The van der Waals surface area contributed by atoms with Crippen molar-refractivity contribution in [3.05, 3.63) is 29.8 Å². The Hall–Kier alpha value is -1.11. The first-order valence-electron chi connectivity index (χ1n) is 7.52. The summed E-state index contributed by atoms with van der Waals surface area (Å²) in [6.07, 6.45) is 2.84. The largest absolute Gasteiger partial charge is 0.330 e. The van der Waals surface area contributed by atoms with Gasteiger partial charge in [-0.05, 0) is 49.4 Å². The summed E-state index contributed by atoms with van der Waals surface area (Å²) in [7, 11) is -1.85. The Labute approximate surface area is 127 Å². The van der Waals surface area contributed by atoms with Crippen molar-refractivity contribution in [3.8, 4) is 0 Å². The zero-order chi connectivity index (χ0) is 15.5. The number of hydrogen-bond donors (Lipinski definition) is 1. The summed E-state index contributed by atoms with van der Waals surface area (Å²) in [5.74, 6) is 0.268. The minimum atomic E-state index is -3.47.